The number of aromatic amines is 1. The van der Waals surface area contributed by atoms with Crippen molar-refractivity contribution in [3.8, 4) is 0 Å². The summed E-state index contributed by atoms with van der Waals surface area (Å²) in [6.07, 6.45) is -0.103. The number of morpholine rings is 1. The van der Waals surface area contributed by atoms with E-state index in [2.05, 4.69) is 20.6 Å². The molecule has 11 heteroatoms. The lowest BCUT2D eigenvalue weighted by molar-refractivity contribution is -0.140. The maximum absolute atomic E-state index is 12.7. The molecule has 2 atom stereocenters. The standard InChI is InChI=1S/C21H25N5O5S/c1-12-9-26(10-13(2)31-12)16(28)11-32-21-24-18(22-14(3)27)17(20(30)25-21)23-19(29)15-7-5-4-6-8-15/h4-8,12-13H,9-11H2,1-3H3,(H,23,29)(H2,22,24,25,27,30)/t12-,13+. The van der Waals surface area contributed by atoms with E-state index in [1.54, 1.807) is 35.2 Å². The molecule has 1 aliphatic rings. The van der Waals surface area contributed by atoms with Gasteiger partial charge < -0.3 is 20.3 Å². The van der Waals surface area contributed by atoms with Crippen LogP contribution in [0.1, 0.15) is 31.1 Å². The highest BCUT2D eigenvalue weighted by molar-refractivity contribution is 7.99. The summed E-state index contributed by atoms with van der Waals surface area (Å²) in [5.41, 5.74) is -0.476. The van der Waals surface area contributed by atoms with E-state index in [-0.39, 0.29) is 40.5 Å². The summed E-state index contributed by atoms with van der Waals surface area (Å²) in [7, 11) is 0. The van der Waals surface area contributed by atoms with Crippen molar-refractivity contribution in [2.24, 2.45) is 0 Å². The van der Waals surface area contributed by atoms with Crippen molar-refractivity contribution < 1.29 is 19.1 Å². The van der Waals surface area contributed by atoms with E-state index < -0.39 is 17.4 Å². The first kappa shape index (κ1) is 23.5. The van der Waals surface area contributed by atoms with Gasteiger partial charge in [0.1, 0.15) is 0 Å². The molecule has 2 heterocycles. The van der Waals surface area contributed by atoms with Crippen LogP contribution in [0.2, 0.25) is 0 Å². The second-order valence-corrected chi connectivity index (χ2v) is 8.40. The van der Waals surface area contributed by atoms with Crippen LogP contribution in [0.3, 0.4) is 0 Å². The fourth-order valence-electron chi connectivity index (χ4n) is 3.27. The molecule has 0 unspecified atom stereocenters. The topological polar surface area (TPSA) is 133 Å². The zero-order valence-electron chi connectivity index (χ0n) is 18.0. The Hall–Kier alpha value is -3.18. The quantitative estimate of drug-likeness (QED) is 0.442. The van der Waals surface area contributed by atoms with Gasteiger partial charge in [-0.25, -0.2) is 4.98 Å². The van der Waals surface area contributed by atoms with Crippen LogP contribution >= 0.6 is 11.8 Å². The summed E-state index contributed by atoms with van der Waals surface area (Å²) in [4.78, 5) is 57.8. The van der Waals surface area contributed by atoms with Crippen molar-refractivity contribution in [2.45, 2.75) is 38.1 Å². The third kappa shape index (κ3) is 6.17. The lowest BCUT2D eigenvalue weighted by Gasteiger charge is -2.35. The van der Waals surface area contributed by atoms with Gasteiger partial charge in [0.2, 0.25) is 11.8 Å². The Kier molecular flexibility index (Phi) is 7.65. The molecule has 1 aromatic carbocycles. The molecule has 3 amide bonds. The Balaban J connectivity index is 1.75. The first-order chi connectivity index (χ1) is 15.2. The summed E-state index contributed by atoms with van der Waals surface area (Å²) >= 11 is 1.04. The molecule has 0 saturated carbocycles. The van der Waals surface area contributed by atoms with Crippen LogP contribution in [0.5, 0.6) is 0 Å². The molecule has 1 fully saturated rings. The Morgan fingerprint density at radius 1 is 1.16 bits per heavy atom. The highest BCUT2D eigenvalue weighted by Crippen LogP contribution is 2.21. The number of H-pyrrole nitrogens is 1. The number of amides is 3. The van der Waals surface area contributed by atoms with E-state index in [1.807, 2.05) is 13.8 Å². The lowest BCUT2D eigenvalue weighted by Crippen LogP contribution is -2.48. The fourth-order valence-corrected chi connectivity index (χ4v) is 4.04. The summed E-state index contributed by atoms with van der Waals surface area (Å²) in [5.74, 6) is -1.12. The van der Waals surface area contributed by atoms with E-state index in [1.165, 1.54) is 6.92 Å². The zero-order chi connectivity index (χ0) is 23.3. The second-order valence-electron chi connectivity index (χ2n) is 7.44. The zero-order valence-corrected chi connectivity index (χ0v) is 18.8. The minimum absolute atomic E-state index is 0.0514. The molecule has 0 bridgehead atoms. The summed E-state index contributed by atoms with van der Waals surface area (Å²) < 4.78 is 5.64. The van der Waals surface area contributed by atoms with Crippen molar-refractivity contribution >= 4 is 41.0 Å². The molecular formula is C21H25N5O5S. The van der Waals surface area contributed by atoms with Gasteiger partial charge in [-0.15, -0.1) is 0 Å². The first-order valence-electron chi connectivity index (χ1n) is 10.1. The molecule has 1 saturated heterocycles. The van der Waals surface area contributed by atoms with Crippen molar-refractivity contribution in [2.75, 3.05) is 29.5 Å². The second kappa shape index (κ2) is 10.4. The van der Waals surface area contributed by atoms with Crippen LogP contribution < -0.4 is 16.2 Å². The molecule has 170 valence electrons. The van der Waals surface area contributed by atoms with Gasteiger partial charge in [0, 0.05) is 25.6 Å². The van der Waals surface area contributed by atoms with Gasteiger partial charge >= 0.3 is 0 Å². The third-order valence-corrected chi connectivity index (χ3v) is 5.43. The van der Waals surface area contributed by atoms with Crippen LogP contribution in [-0.4, -0.2) is 63.6 Å². The summed E-state index contributed by atoms with van der Waals surface area (Å²) in [6, 6.07) is 8.34. The van der Waals surface area contributed by atoms with Gasteiger partial charge in [0.05, 0.1) is 18.0 Å². The highest BCUT2D eigenvalue weighted by Gasteiger charge is 2.26. The molecule has 32 heavy (non-hydrogen) atoms. The van der Waals surface area contributed by atoms with E-state index in [9.17, 15) is 19.2 Å². The van der Waals surface area contributed by atoms with Crippen LogP contribution in [-0.2, 0) is 14.3 Å². The Labute approximate surface area is 189 Å². The maximum Gasteiger partial charge on any atom is 0.277 e. The monoisotopic (exact) mass is 459 g/mol. The number of thioether (sulfide) groups is 1. The lowest BCUT2D eigenvalue weighted by atomic mass is 10.2. The fraction of sp³-hybridized carbons (Fsp3) is 0.381. The number of benzene rings is 1. The molecule has 10 nitrogen and oxygen atoms in total. The van der Waals surface area contributed by atoms with Gasteiger partial charge in [-0.1, -0.05) is 30.0 Å². The number of ether oxygens (including phenoxy) is 1. The summed E-state index contributed by atoms with van der Waals surface area (Å²) in [5, 5.41) is 5.11. The van der Waals surface area contributed by atoms with Crippen LogP contribution in [0.4, 0.5) is 11.5 Å². The van der Waals surface area contributed by atoms with Crippen molar-refractivity contribution in [3.05, 3.63) is 46.2 Å². The van der Waals surface area contributed by atoms with Gasteiger partial charge in [-0.05, 0) is 26.0 Å². The number of hydrogen-bond acceptors (Lipinski definition) is 7. The average Bonchev–Trinajstić information content (AvgIpc) is 2.73. The van der Waals surface area contributed by atoms with Gasteiger partial charge in [-0.3, -0.25) is 24.2 Å². The van der Waals surface area contributed by atoms with Crippen LogP contribution in [0.25, 0.3) is 0 Å². The molecule has 3 rings (SSSR count). The van der Waals surface area contributed by atoms with E-state index in [0.717, 1.165) is 11.8 Å². The molecular weight excluding hydrogens is 434 g/mol. The van der Waals surface area contributed by atoms with Crippen LogP contribution in [0.15, 0.2) is 40.3 Å². The smallest absolute Gasteiger partial charge is 0.277 e. The predicted octanol–water partition coefficient (Wildman–Crippen LogP) is 1.71. The maximum atomic E-state index is 12.7. The van der Waals surface area contributed by atoms with Crippen molar-refractivity contribution in [3.63, 3.8) is 0 Å². The average molecular weight is 460 g/mol. The SMILES string of the molecule is CC(=O)Nc1nc(SCC(=O)N2C[C@@H](C)O[C@@H](C)C2)[nH]c(=O)c1NC(=O)c1ccccc1. The third-order valence-electron chi connectivity index (χ3n) is 4.57. The van der Waals surface area contributed by atoms with E-state index in [4.69, 9.17) is 4.74 Å². The molecule has 3 N–H and O–H groups in total. The van der Waals surface area contributed by atoms with Crippen molar-refractivity contribution in [1.29, 1.82) is 0 Å². The Bertz CT molecular complexity index is 1050. The first-order valence-corrected chi connectivity index (χ1v) is 11.1. The number of rotatable bonds is 6. The van der Waals surface area contributed by atoms with Gasteiger partial charge in [0.15, 0.2) is 16.7 Å². The van der Waals surface area contributed by atoms with Crippen molar-refractivity contribution in [1.82, 2.24) is 14.9 Å². The van der Waals surface area contributed by atoms with Gasteiger partial charge in [-0.2, -0.15) is 0 Å². The largest absolute Gasteiger partial charge is 0.372 e. The number of anilines is 2. The number of carbonyl (C=O) groups is 3. The molecule has 1 aromatic heterocycles. The molecule has 0 aliphatic carbocycles. The number of hydrogen-bond donors (Lipinski definition) is 3. The Morgan fingerprint density at radius 3 is 2.44 bits per heavy atom. The number of nitrogens with zero attached hydrogens (tertiary/aromatic N) is 2. The number of aromatic nitrogens is 2. The molecule has 1 aliphatic heterocycles. The Morgan fingerprint density at radius 2 is 1.81 bits per heavy atom. The highest BCUT2D eigenvalue weighted by atomic mass is 32.2. The summed E-state index contributed by atoms with van der Waals surface area (Å²) in [6.45, 7) is 6.07. The van der Waals surface area contributed by atoms with E-state index in [0.29, 0.717) is 18.7 Å². The van der Waals surface area contributed by atoms with Gasteiger partial charge in [0.25, 0.3) is 11.5 Å². The normalized spacial score (nSPS) is 18.2. The number of nitrogens with one attached hydrogen (secondary N) is 3. The van der Waals surface area contributed by atoms with Crippen LogP contribution in [0, 0.1) is 0 Å². The number of carbonyl (C=O) groups excluding carboxylic acids is 3. The predicted molar refractivity (Wildman–Crippen MR) is 121 cm³/mol. The minimum atomic E-state index is -0.642. The van der Waals surface area contributed by atoms with E-state index >= 15 is 0 Å². The molecule has 0 spiro atoms. The molecule has 0 radical (unpaired) electrons. The molecule has 2 aromatic rings. The minimum Gasteiger partial charge on any atom is -0.372 e.